The van der Waals surface area contributed by atoms with Crippen molar-refractivity contribution in [1.82, 2.24) is 0 Å². The molecule has 0 aliphatic carbocycles. The van der Waals surface area contributed by atoms with Crippen LogP contribution in [0.4, 0.5) is 5.69 Å². The first-order chi connectivity index (χ1) is 8.76. The van der Waals surface area contributed by atoms with E-state index in [4.69, 9.17) is 15.2 Å². The summed E-state index contributed by atoms with van der Waals surface area (Å²) < 4.78 is 11.0. The van der Waals surface area contributed by atoms with Gasteiger partial charge >= 0.3 is 0 Å². The number of thioether (sulfide) groups is 1. The number of nitrogen functional groups attached to an aromatic ring is 1. The van der Waals surface area contributed by atoms with Gasteiger partial charge in [-0.25, -0.2) is 0 Å². The molecule has 3 nitrogen and oxygen atoms in total. The topological polar surface area (TPSA) is 44.5 Å². The maximum absolute atomic E-state index is 5.98. The molecule has 0 spiro atoms. The molecule has 0 aliphatic heterocycles. The molecule has 2 aromatic rings. The Labute approximate surface area is 111 Å². The van der Waals surface area contributed by atoms with Gasteiger partial charge in [-0.05, 0) is 30.5 Å². The Kier molecular flexibility index (Phi) is 3.99. The number of benzene rings is 2. The van der Waals surface area contributed by atoms with E-state index in [0.717, 1.165) is 10.6 Å². The third-order valence-electron chi connectivity index (χ3n) is 2.54. The average Bonchev–Trinajstić information content (AvgIpc) is 2.42. The molecule has 2 rings (SSSR count). The van der Waals surface area contributed by atoms with Crippen molar-refractivity contribution in [2.75, 3.05) is 19.1 Å². The third kappa shape index (κ3) is 2.54. The van der Waals surface area contributed by atoms with E-state index in [1.54, 1.807) is 18.9 Å². The van der Waals surface area contributed by atoms with Crippen molar-refractivity contribution < 1.29 is 9.47 Å². The van der Waals surface area contributed by atoms with E-state index in [-0.39, 0.29) is 0 Å². The highest BCUT2D eigenvalue weighted by molar-refractivity contribution is 7.98. The van der Waals surface area contributed by atoms with E-state index in [1.165, 1.54) is 0 Å². The fourth-order valence-corrected chi connectivity index (χ4v) is 2.14. The molecule has 0 fully saturated rings. The van der Waals surface area contributed by atoms with Gasteiger partial charge in [-0.3, -0.25) is 0 Å². The van der Waals surface area contributed by atoms with Crippen molar-refractivity contribution in [1.29, 1.82) is 0 Å². The number of rotatable bonds is 4. The number of hydrogen-bond donors (Lipinski definition) is 1. The van der Waals surface area contributed by atoms with E-state index in [9.17, 15) is 0 Å². The zero-order valence-electron chi connectivity index (χ0n) is 10.3. The van der Waals surface area contributed by atoms with Crippen molar-refractivity contribution in [3.63, 3.8) is 0 Å². The molecular formula is C14H15NO2S. The molecule has 18 heavy (non-hydrogen) atoms. The van der Waals surface area contributed by atoms with Crippen LogP contribution in [0.5, 0.6) is 17.2 Å². The monoisotopic (exact) mass is 261 g/mol. The molecule has 0 saturated carbocycles. The van der Waals surface area contributed by atoms with Crippen LogP contribution in [0.1, 0.15) is 0 Å². The summed E-state index contributed by atoms with van der Waals surface area (Å²) in [6, 6.07) is 13.3. The van der Waals surface area contributed by atoms with Crippen LogP contribution >= 0.6 is 11.8 Å². The smallest absolute Gasteiger partial charge is 0.154 e. The van der Waals surface area contributed by atoms with Crippen LogP contribution in [0.25, 0.3) is 0 Å². The second kappa shape index (κ2) is 5.69. The Morgan fingerprint density at radius 3 is 2.33 bits per heavy atom. The van der Waals surface area contributed by atoms with Crippen LogP contribution < -0.4 is 15.2 Å². The van der Waals surface area contributed by atoms with Gasteiger partial charge in [0.2, 0.25) is 0 Å². The number of nitrogens with two attached hydrogens (primary N) is 1. The van der Waals surface area contributed by atoms with E-state index in [2.05, 4.69) is 0 Å². The Morgan fingerprint density at radius 1 is 0.944 bits per heavy atom. The van der Waals surface area contributed by atoms with Crippen molar-refractivity contribution in [3.8, 4) is 17.2 Å². The number of para-hydroxylation sites is 2. The van der Waals surface area contributed by atoms with Crippen LogP contribution in [-0.2, 0) is 0 Å². The first-order valence-corrected chi connectivity index (χ1v) is 6.72. The van der Waals surface area contributed by atoms with Crippen molar-refractivity contribution in [3.05, 3.63) is 42.5 Å². The molecule has 0 saturated heterocycles. The van der Waals surface area contributed by atoms with E-state index in [0.29, 0.717) is 17.2 Å². The Balaban J connectivity index is 2.34. The van der Waals surface area contributed by atoms with Gasteiger partial charge in [-0.15, -0.1) is 11.8 Å². The summed E-state index contributed by atoms with van der Waals surface area (Å²) in [5.41, 5.74) is 6.49. The summed E-state index contributed by atoms with van der Waals surface area (Å²) in [5, 5.41) is 0. The zero-order valence-corrected chi connectivity index (χ0v) is 11.2. The number of anilines is 1. The quantitative estimate of drug-likeness (QED) is 0.671. The van der Waals surface area contributed by atoms with Gasteiger partial charge in [0, 0.05) is 4.90 Å². The summed E-state index contributed by atoms with van der Waals surface area (Å²) in [6.45, 7) is 0. The predicted molar refractivity (Wildman–Crippen MR) is 75.7 cm³/mol. The highest BCUT2D eigenvalue weighted by Crippen LogP contribution is 2.37. The molecule has 0 heterocycles. The van der Waals surface area contributed by atoms with Gasteiger partial charge in [0.15, 0.2) is 5.75 Å². The second-order valence-electron chi connectivity index (χ2n) is 3.63. The fourth-order valence-electron chi connectivity index (χ4n) is 1.61. The molecule has 0 aromatic heterocycles. The number of hydrogen-bond acceptors (Lipinski definition) is 4. The van der Waals surface area contributed by atoms with Crippen molar-refractivity contribution >= 4 is 17.4 Å². The third-order valence-corrected chi connectivity index (χ3v) is 3.31. The first kappa shape index (κ1) is 12.6. The van der Waals surface area contributed by atoms with Gasteiger partial charge in [-0.2, -0.15) is 0 Å². The lowest BCUT2D eigenvalue weighted by atomic mass is 10.2. The molecule has 0 amide bonds. The zero-order chi connectivity index (χ0) is 13.0. The standard InChI is InChI=1S/C14H15NO2S/c1-16-11-7-5-8-12(14(11)15)17-10-6-3-4-9-13(10)18-2/h3-9H,15H2,1-2H3. The summed E-state index contributed by atoms with van der Waals surface area (Å²) in [6.07, 6.45) is 2.01. The molecule has 0 radical (unpaired) electrons. The Morgan fingerprint density at radius 2 is 1.61 bits per heavy atom. The number of ether oxygens (including phenoxy) is 2. The largest absolute Gasteiger partial charge is 0.494 e. The molecule has 0 bridgehead atoms. The van der Waals surface area contributed by atoms with Crippen LogP contribution in [0, 0.1) is 0 Å². The molecule has 0 aliphatic rings. The van der Waals surface area contributed by atoms with Gasteiger partial charge in [0.25, 0.3) is 0 Å². The molecular weight excluding hydrogens is 246 g/mol. The molecule has 0 atom stereocenters. The lowest BCUT2D eigenvalue weighted by Gasteiger charge is -2.13. The maximum atomic E-state index is 5.98. The summed E-state index contributed by atoms with van der Waals surface area (Å²) in [4.78, 5) is 1.07. The highest BCUT2D eigenvalue weighted by Gasteiger charge is 2.09. The minimum atomic E-state index is 0.510. The fraction of sp³-hybridized carbons (Fsp3) is 0.143. The van der Waals surface area contributed by atoms with E-state index in [1.807, 2.05) is 48.7 Å². The number of methoxy groups -OCH3 is 1. The van der Waals surface area contributed by atoms with E-state index >= 15 is 0 Å². The minimum absolute atomic E-state index is 0.510. The van der Waals surface area contributed by atoms with Crippen LogP contribution in [-0.4, -0.2) is 13.4 Å². The maximum Gasteiger partial charge on any atom is 0.154 e. The van der Waals surface area contributed by atoms with Crippen LogP contribution in [0.2, 0.25) is 0 Å². The lowest BCUT2D eigenvalue weighted by Crippen LogP contribution is -1.96. The van der Waals surface area contributed by atoms with Crippen molar-refractivity contribution in [2.24, 2.45) is 0 Å². The molecule has 2 N–H and O–H groups in total. The molecule has 94 valence electrons. The average molecular weight is 261 g/mol. The molecule has 4 heteroatoms. The van der Waals surface area contributed by atoms with Crippen LogP contribution in [0.15, 0.2) is 47.4 Å². The van der Waals surface area contributed by atoms with Gasteiger partial charge in [0.1, 0.15) is 17.2 Å². The summed E-state index contributed by atoms with van der Waals surface area (Å²) >= 11 is 1.63. The van der Waals surface area contributed by atoms with E-state index < -0.39 is 0 Å². The SMILES string of the molecule is COc1cccc(Oc2ccccc2SC)c1N. The predicted octanol–water partition coefficient (Wildman–Crippen LogP) is 3.79. The Bertz CT molecular complexity index is 543. The van der Waals surface area contributed by atoms with Gasteiger partial charge in [-0.1, -0.05) is 18.2 Å². The minimum Gasteiger partial charge on any atom is -0.494 e. The van der Waals surface area contributed by atoms with Crippen LogP contribution in [0.3, 0.4) is 0 Å². The highest BCUT2D eigenvalue weighted by atomic mass is 32.2. The second-order valence-corrected chi connectivity index (χ2v) is 4.47. The lowest BCUT2D eigenvalue weighted by molar-refractivity contribution is 0.411. The van der Waals surface area contributed by atoms with Gasteiger partial charge < -0.3 is 15.2 Å². The summed E-state index contributed by atoms with van der Waals surface area (Å²) in [5.74, 6) is 2.02. The normalized spacial score (nSPS) is 10.1. The van der Waals surface area contributed by atoms with Gasteiger partial charge in [0.05, 0.1) is 7.11 Å². The molecule has 0 unspecified atom stereocenters. The summed E-state index contributed by atoms with van der Waals surface area (Å²) in [7, 11) is 1.59. The molecule has 2 aromatic carbocycles. The van der Waals surface area contributed by atoms with Crippen molar-refractivity contribution in [2.45, 2.75) is 4.90 Å². The Hall–Kier alpha value is -1.81. The first-order valence-electron chi connectivity index (χ1n) is 5.49.